The molecule has 0 bridgehead atoms. The Morgan fingerprint density at radius 2 is 2.05 bits per heavy atom. The molecule has 1 aliphatic rings. The molecule has 0 aromatic carbocycles. The van der Waals surface area contributed by atoms with E-state index < -0.39 is 0 Å². The molecule has 4 nitrogen and oxygen atoms in total. The van der Waals surface area contributed by atoms with Crippen molar-refractivity contribution in [2.75, 3.05) is 31.3 Å². The Morgan fingerprint density at radius 3 is 2.58 bits per heavy atom. The number of hydrogen-bond donors (Lipinski definition) is 1. The van der Waals surface area contributed by atoms with Crippen molar-refractivity contribution in [3.63, 3.8) is 0 Å². The van der Waals surface area contributed by atoms with Crippen molar-refractivity contribution in [2.24, 2.45) is 0 Å². The molecule has 1 fully saturated rings. The molecular formula is C13H23N3OS2. The fourth-order valence-corrected chi connectivity index (χ4v) is 3.58. The van der Waals surface area contributed by atoms with Gasteiger partial charge in [0.15, 0.2) is 0 Å². The van der Waals surface area contributed by atoms with E-state index in [1.807, 2.05) is 11.8 Å². The van der Waals surface area contributed by atoms with Crippen LogP contribution in [0.1, 0.15) is 39.4 Å². The van der Waals surface area contributed by atoms with Gasteiger partial charge >= 0.3 is 0 Å². The maximum absolute atomic E-state index is 5.46. The highest BCUT2D eigenvalue weighted by molar-refractivity contribution is 8.00. The second-order valence-electron chi connectivity index (χ2n) is 6.03. The van der Waals surface area contributed by atoms with Gasteiger partial charge in [0.1, 0.15) is 5.82 Å². The lowest BCUT2D eigenvalue weighted by Gasteiger charge is -2.35. The van der Waals surface area contributed by atoms with E-state index in [0.717, 1.165) is 43.6 Å². The number of aromatic nitrogens is 2. The summed E-state index contributed by atoms with van der Waals surface area (Å²) in [5.74, 6) is 0.921. The Hall–Kier alpha value is -0.330. The van der Waals surface area contributed by atoms with Crippen LogP contribution in [0.25, 0.3) is 0 Å². The van der Waals surface area contributed by atoms with Crippen LogP contribution in [0.2, 0.25) is 0 Å². The highest BCUT2D eigenvalue weighted by Crippen LogP contribution is 2.34. The fraction of sp³-hybridized carbons (Fsp3) is 0.846. The quantitative estimate of drug-likeness (QED) is 0.925. The number of rotatable bonds is 4. The van der Waals surface area contributed by atoms with Crippen LogP contribution in [0.5, 0.6) is 0 Å². The molecule has 108 valence electrons. The van der Waals surface area contributed by atoms with Gasteiger partial charge in [0.25, 0.3) is 0 Å². The van der Waals surface area contributed by atoms with Crippen LogP contribution in [0, 0.1) is 0 Å². The van der Waals surface area contributed by atoms with E-state index in [2.05, 4.69) is 41.7 Å². The maximum Gasteiger partial charge on any atom is 0.202 e. The standard InChI is InChI=1S/C13H23N3OS2/c1-12(2,3)10-15-11(19-16-10)14-9-13(18-4)5-7-17-8-6-13/h5-9H2,1-4H3,(H,14,15,16). The van der Waals surface area contributed by atoms with Crippen LogP contribution in [0.3, 0.4) is 0 Å². The third-order valence-corrected chi connectivity index (χ3v) is 5.59. The molecule has 2 heterocycles. The Bertz CT molecular complexity index is 408. The molecule has 2 rings (SSSR count). The first-order valence-electron chi connectivity index (χ1n) is 6.66. The molecule has 1 N–H and O–H groups in total. The molecule has 6 heteroatoms. The van der Waals surface area contributed by atoms with Crippen LogP contribution in [-0.4, -0.2) is 40.1 Å². The minimum Gasteiger partial charge on any atom is -0.381 e. The fourth-order valence-electron chi connectivity index (χ4n) is 2.03. The largest absolute Gasteiger partial charge is 0.381 e. The molecule has 0 atom stereocenters. The van der Waals surface area contributed by atoms with Crippen molar-refractivity contribution in [2.45, 2.75) is 43.8 Å². The van der Waals surface area contributed by atoms with Crippen LogP contribution in [-0.2, 0) is 10.2 Å². The SMILES string of the molecule is CSC1(CNc2nc(C(C)(C)C)ns2)CCOCC1. The summed E-state index contributed by atoms with van der Waals surface area (Å²) in [5, 5.41) is 4.40. The normalized spacial score (nSPS) is 19.4. The van der Waals surface area contributed by atoms with Gasteiger partial charge in [-0.15, -0.1) is 0 Å². The maximum atomic E-state index is 5.46. The summed E-state index contributed by atoms with van der Waals surface area (Å²) in [7, 11) is 0. The van der Waals surface area contributed by atoms with Gasteiger partial charge in [0, 0.05) is 41.5 Å². The van der Waals surface area contributed by atoms with Crippen molar-refractivity contribution in [1.29, 1.82) is 0 Å². The predicted octanol–water partition coefficient (Wildman–Crippen LogP) is 3.16. The van der Waals surface area contributed by atoms with Gasteiger partial charge in [-0.1, -0.05) is 20.8 Å². The van der Waals surface area contributed by atoms with Crippen molar-refractivity contribution < 1.29 is 4.74 Å². The number of thioether (sulfide) groups is 1. The minimum atomic E-state index is 0.0201. The monoisotopic (exact) mass is 301 g/mol. The second kappa shape index (κ2) is 5.97. The first-order chi connectivity index (χ1) is 8.95. The third-order valence-electron chi connectivity index (χ3n) is 3.50. The molecule has 1 aliphatic heterocycles. The summed E-state index contributed by atoms with van der Waals surface area (Å²) in [6.45, 7) is 9.09. The van der Waals surface area contributed by atoms with Gasteiger partial charge in [-0.2, -0.15) is 16.1 Å². The predicted molar refractivity (Wildman–Crippen MR) is 83.4 cm³/mol. The molecule has 1 saturated heterocycles. The number of ether oxygens (including phenoxy) is 1. The zero-order valence-corrected chi connectivity index (χ0v) is 13.8. The molecule has 1 aromatic rings. The van der Waals surface area contributed by atoms with Crippen LogP contribution >= 0.6 is 23.3 Å². The van der Waals surface area contributed by atoms with Gasteiger partial charge in [-0.3, -0.25) is 0 Å². The van der Waals surface area contributed by atoms with Gasteiger partial charge in [0.2, 0.25) is 5.13 Å². The summed E-state index contributed by atoms with van der Waals surface area (Å²) in [6.07, 6.45) is 4.39. The minimum absolute atomic E-state index is 0.0201. The van der Waals surface area contributed by atoms with Crippen molar-refractivity contribution in [1.82, 2.24) is 9.36 Å². The lowest BCUT2D eigenvalue weighted by Crippen LogP contribution is -2.39. The van der Waals surface area contributed by atoms with E-state index in [1.54, 1.807) is 0 Å². The first kappa shape index (κ1) is 15.1. The number of hydrogen-bond acceptors (Lipinski definition) is 6. The van der Waals surface area contributed by atoms with E-state index in [4.69, 9.17) is 4.74 Å². The molecule has 0 saturated carbocycles. The van der Waals surface area contributed by atoms with Crippen LogP contribution in [0.4, 0.5) is 5.13 Å². The molecule has 0 spiro atoms. The summed E-state index contributed by atoms with van der Waals surface area (Å²) in [6, 6.07) is 0. The second-order valence-corrected chi connectivity index (χ2v) is 8.05. The molecule has 19 heavy (non-hydrogen) atoms. The van der Waals surface area contributed by atoms with E-state index in [9.17, 15) is 0 Å². The average molecular weight is 301 g/mol. The van der Waals surface area contributed by atoms with Gasteiger partial charge < -0.3 is 10.1 Å². The average Bonchev–Trinajstić information content (AvgIpc) is 2.86. The van der Waals surface area contributed by atoms with Crippen LogP contribution in [0.15, 0.2) is 0 Å². The molecular weight excluding hydrogens is 278 g/mol. The number of nitrogens with zero attached hydrogens (tertiary/aromatic N) is 2. The van der Waals surface area contributed by atoms with Gasteiger partial charge in [-0.25, -0.2) is 4.98 Å². The summed E-state index contributed by atoms with van der Waals surface area (Å²) >= 11 is 3.40. The van der Waals surface area contributed by atoms with E-state index in [0.29, 0.717) is 0 Å². The number of anilines is 1. The summed E-state index contributed by atoms with van der Waals surface area (Å²) in [5.41, 5.74) is 0.0201. The lowest BCUT2D eigenvalue weighted by molar-refractivity contribution is 0.0802. The zero-order chi connectivity index (χ0) is 13.9. The topological polar surface area (TPSA) is 47.0 Å². The summed E-state index contributed by atoms with van der Waals surface area (Å²) in [4.78, 5) is 4.59. The Labute approximate surface area is 123 Å². The highest BCUT2D eigenvalue weighted by atomic mass is 32.2. The van der Waals surface area contributed by atoms with Crippen molar-refractivity contribution in [3.8, 4) is 0 Å². The Morgan fingerprint density at radius 1 is 1.37 bits per heavy atom. The van der Waals surface area contributed by atoms with E-state index >= 15 is 0 Å². The third kappa shape index (κ3) is 3.83. The molecule has 0 aliphatic carbocycles. The van der Waals surface area contributed by atoms with Gasteiger partial charge in [0.05, 0.1) is 0 Å². The Balaban J connectivity index is 1.96. The van der Waals surface area contributed by atoms with Crippen molar-refractivity contribution in [3.05, 3.63) is 5.82 Å². The van der Waals surface area contributed by atoms with Crippen LogP contribution < -0.4 is 5.32 Å². The summed E-state index contributed by atoms with van der Waals surface area (Å²) < 4.78 is 10.2. The molecule has 0 radical (unpaired) electrons. The molecule has 0 amide bonds. The number of nitrogens with one attached hydrogen (secondary N) is 1. The Kier molecular flexibility index (Phi) is 4.74. The smallest absolute Gasteiger partial charge is 0.202 e. The van der Waals surface area contributed by atoms with E-state index in [1.165, 1.54) is 11.5 Å². The van der Waals surface area contributed by atoms with Crippen molar-refractivity contribution >= 4 is 28.4 Å². The van der Waals surface area contributed by atoms with Gasteiger partial charge in [-0.05, 0) is 19.1 Å². The van der Waals surface area contributed by atoms with E-state index in [-0.39, 0.29) is 10.2 Å². The molecule has 1 aromatic heterocycles. The highest BCUT2D eigenvalue weighted by Gasteiger charge is 2.32. The zero-order valence-electron chi connectivity index (χ0n) is 12.2. The first-order valence-corrected chi connectivity index (χ1v) is 8.66. The molecule has 0 unspecified atom stereocenters. The lowest BCUT2D eigenvalue weighted by atomic mass is 9.96.